The van der Waals surface area contributed by atoms with Gasteiger partial charge in [0.05, 0.1) is 0 Å². The predicted octanol–water partition coefficient (Wildman–Crippen LogP) is -0.301. The zero-order valence-electron chi connectivity index (χ0n) is 11.8. The van der Waals surface area contributed by atoms with Crippen LogP contribution < -0.4 is 22.5 Å². The maximum Gasteiger partial charge on any atom is 0.326 e. The van der Waals surface area contributed by atoms with Gasteiger partial charge in [-0.1, -0.05) is 0 Å². The summed E-state index contributed by atoms with van der Waals surface area (Å²) in [5.41, 5.74) is 17.7. The largest absolute Gasteiger partial charge is 0.480 e. The van der Waals surface area contributed by atoms with E-state index < -0.39 is 23.8 Å². The van der Waals surface area contributed by atoms with Crippen molar-refractivity contribution < 1.29 is 19.5 Å². The average molecular weight is 306 g/mol. The van der Waals surface area contributed by atoms with Crippen molar-refractivity contribution >= 4 is 35.2 Å². The molecule has 0 saturated carbocycles. The molecule has 1 aromatic rings. The highest BCUT2D eigenvalue weighted by molar-refractivity contribution is 5.95. The summed E-state index contributed by atoms with van der Waals surface area (Å²) in [6, 6.07) is 3.61. The van der Waals surface area contributed by atoms with Crippen molar-refractivity contribution in [2.75, 3.05) is 11.5 Å². The standard InChI is InChI=1S/C14H18N4O4/c15-9-2-3-10(16)8(7-9)1-6-13(20)18-11(14(21)22)4-5-12(17)19/h1-3,6-7,11H,4-5,15-16H2,(H2,17,19)(H,18,20)(H,21,22)/b6-1+/t11-/m0/s1. The molecule has 0 saturated heterocycles. The third kappa shape index (κ3) is 5.53. The fourth-order valence-corrected chi connectivity index (χ4v) is 1.67. The lowest BCUT2D eigenvalue weighted by Gasteiger charge is -2.12. The number of nitrogen functional groups attached to an aromatic ring is 2. The number of benzene rings is 1. The van der Waals surface area contributed by atoms with E-state index in [1.165, 1.54) is 6.08 Å². The highest BCUT2D eigenvalue weighted by Gasteiger charge is 2.19. The second kappa shape index (κ2) is 7.67. The van der Waals surface area contributed by atoms with Gasteiger partial charge < -0.3 is 27.6 Å². The minimum Gasteiger partial charge on any atom is -0.480 e. The highest BCUT2D eigenvalue weighted by atomic mass is 16.4. The van der Waals surface area contributed by atoms with Crippen LogP contribution in [0.4, 0.5) is 11.4 Å². The molecule has 118 valence electrons. The summed E-state index contributed by atoms with van der Waals surface area (Å²) in [7, 11) is 0. The van der Waals surface area contributed by atoms with E-state index in [0.29, 0.717) is 16.9 Å². The van der Waals surface area contributed by atoms with E-state index in [1.54, 1.807) is 18.2 Å². The van der Waals surface area contributed by atoms with Crippen LogP contribution in [0.5, 0.6) is 0 Å². The maximum absolute atomic E-state index is 11.7. The summed E-state index contributed by atoms with van der Waals surface area (Å²) in [6.07, 6.45) is 2.35. The van der Waals surface area contributed by atoms with Crippen molar-refractivity contribution in [2.24, 2.45) is 5.73 Å². The van der Waals surface area contributed by atoms with Crippen molar-refractivity contribution in [3.05, 3.63) is 29.8 Å². The number of primary amides is 1. The molecule has 0 spiro atoms. The summed E-state index contributed by atoms with van der Waals surface area (Å²) in [5, 5.41) is 11.2. The third-order valence-corrected chi connectivity index (χ3v) is 2.82. The number of nitrogens with two attached hydrogens (primary N) is 3. The summed E-state index contributed by atoms with van der Waals surface area (Å²) >= 11 is 0. The molecule has 0 aromatic heterocycles. The number of carbonyl (C=O) groups is 3. The van der Waals surface area contributed by atoms with E-state index in [2.05, 4.69) is 5.32 Å². The lowest BCUT2D eigenvalue weighted by atomic mass is 10.1. The molecule has 22 heavy (non-hydrogen) atoms. The maximum atomic E-state index is 11.7. The molecule has 0 aliphatic rings. The van der Waals surface area contributed by atoms with Crippen LogP contribution in [0.15, 0.2) is 24.3 Å². The molecule has 1 rings (SSSR count). The molecule has 0 heterocycles. The highest BCUT2D eigenvalue weighted by Crippen LogP contribution is 2.16. The van der Waals surface area contributed by atoms with E-state index in [4.69, 9.17) is 22.3 Å². The molecule has 8 nitrogen and oxygen atoms in total. The number of rotatable bonds is 7. The Kier molecular flexibility index (Phi) is 5.94. The topological polar surface area (TPSA) is 162 Å². The molecule has 0 aliphatic heterocycles. The molecule has 0 unspecified atom stereocenters. The molecule has 0 fully saturated rings. The van der Waals surface area contributed by atoms with E-state index in [1.807, 2.05) is 0 Å². The van der Waals surface area contributed by atoms with Crippen LogP contribution in [0.2, 0.25) is 0 Å². The zero-order chi connectivity index (χ0) is 16.7. The van der Waals surface area contributed by atoms with Gasteiger partial charge in [0.2, 0.25) is 11.8 Å². The Bertz CT molecular complexity index is 613. The van der Waals surface area contributed by atoms with Crippen LogP contribution in [0, 0.1) is 0 Å². The van der Waals surface area contributed by atoms with Crippen LogP contribution in [-0.4, -0.2) is 28.9 Å². The van der Waals surface area contributed by atoms with Crippen molar-refractivity contribution in [1.82, 2.24) is 5.32 Å². The summed E-state index contributed by atoms with van der Waals surface area (Å²) in [5.74, 6) is -2.51. The lowest BCUT2D eigenvalue weighted by Crippen LogP contribution is -2.40. The Labute approximate surface area is 127 Å². The Morgan fingerprint density at radius 3 is 2.55 bits per heavy atom. The van der Waals surface area contributed by atoms with Gasteiger partial charge in [-0.3, -0.25) is 9.59 Å². The minimum absolute atomic E-state index is 0.0787. The Morgan fingerprint density at radius 1 is 1.27 bits per heavy atom. The molecular weight excluding hydrogens is 288 g/mol. The molecule has 1 atom stereocenters. The van der Waals surface area contributed by atoms with Crippen LogP contribution in [0.25, 0.3) is 6.08 Å². The number of carbonyl (C=O) groups excluding carboxylic acids is 2. The van der Waals surface area contributed by atoms with Crippen LogP contribution in [-0.2, 0) is 14.4 Å². The van der Waals surface area contributed by atoms with Crippen molar-refractivity contribution in [1.29, 1.82) is 0 Å². The van der Waals surface area contributed by atoms with Crippen molar-refractivity contribution in [3.63, 3.8) is 0 Å². The van der Waals surface area contributed by atoms with Crippen LogP contribution >= 0.6 is 0 Å². The first-order chi connectivity index (χ1) is 10.3. The molecule has 0 aliphatic carbocycles. The van der Waals surface area contributed by atoms with Crippen molar-refractivity contribution in [3.8, 4) is 0 Å². The van der Waals surface area contributed by atoms with Gasteiger partial charge in [0.1, 0.15) is 6.04 Å². The Balaban J connectivity index is 2.70. The molecule has 1 aromatic carbocycles. The normalized spacial score (nSPS) is 12.0. The first-order valence-corrected chi connectivity index (χ1v) is 6.44. The van der Waals surface area contributed by atoms with E-state index >= 15 is 0 Å². The van der Waals surface area contributed by atoms with Gasteiger partial charge in [0.25, 0.3) is 0 Å². The molecular formula is C14H18N4O4. The molecule has 0 bridgehead atoms. The second-order valence-corrected chi connectivity index (χ2v) is 4.63. The number of amides is 2. The van der Waals surface area contributed by atoms with Crippen LogP contribution in [0.3, 0.4) is 0 Å². The molecule has 8 heteroatoms. The number of hydrogen-bond donors (Lipinski definition) is 5. The second-order valence-electron chi connectivity index (χ2n) is 4.63. The van der Waals surface area contributed by atoms with Gasteiger partial charge in [0.15, 0.2) is 0 Å². The summed E-state index contributed by atoms with van der Waals surface area (Å²) in [4.78, 5) is 33.4. The van der Waals surface area contributed by atoms with Gasteiger partial charge in [-0.2, -0.15) is 0 Å². The van der Waals surface area contributed by atoms with E-state index in [0.717, 1.165) is 6.08 Å². The number of nitrogens with one attached hydrogen (secondary N) is 1. The zero-order valence-corrected chi connectivity index (χ0v) is 11.8. The van der Waals surface area contributed by atoms with E-state index in [9.17, 15) is 14.4 Å². The fourth-order valence-electron chi connectivity index (χ4n) is 1.67. The van der Waals surface area contributed by atoms with Crippen molar-refractivity contribution in [2.45, 2.75) is 18.9 Å². The third-order valence-electron chi connectivity index (χ3n) is 2.82. The summed E-state index contributed by atoms with van der Waals surface area (Å²) in [6.45, 7) is 0. The van der Waals surface area contributed by atoms with Crippen LogP contribution in [0.1, 0.15) is 18.4 Å². The first-order valence-electron chi connectivity index (χ1n) is 6.44. The Morgan fingerprint density at radius 2 is 1.95 bits per heavy atom. The number of carboxylic acids is 1. The van der Waals surface area contributed by atoms with E-state index in [-0.39, 0.29) is 12.8 Å². The SMILES string of the molecule is NC(=O)CC[C@H](NC(=O)/C=C/c1cc(N)ccc1N)C(=O)O. The number of hydrogen-bond acceptors (Lipinski definition) is 5. The fraction of sp³-hybridized carbons (Fsp3) is 0.214. The van der Waals surface area contributed by atoms with Gasteiger partial charge in [-0.05, 0) is 36.3 Å². The molecule has 0 radical (unpaired) electrons. The predicted molar refractivity (Wildman–Crippen MR) is 82.3 cm³/mol. The average Bonchev–Trinajstić information content (AvgIpc) is 2.43. The van der Waals surface area contributed by atoms with Gasteiger partial charge in [-0.25, -0.2) is 4.79 Å². The van der Waals surface area contributed by atoms with Gasteiger partial charge in [0, 0.05) is 23.9 Å². The number of carboxylic acid groups (broad SMARTS) is 1. The summed E-state index contributed by atoms with van der Waals surface area (Å²) < 4.78 is 0. The van der Waals surface area contributed by atoms with Gasteiger partial charge in [-0.15, -0.1) is 0 Å². The minimum atomic E-state index is -1.24. The number of aliphatic carboxylic acids is 1. The first kappa shape index (κ1) is 17.0. The van der Waals surface area contributed by atoms with Gasteiger partial charge >= 0.3 is 5.97 Å². The molecule has 8 N–H and O–H groups in total. The lowest BCUT2D eigenvalue weighted by molar-refractivity contribution is -0.141. The quantitative estimate of drug-likeness (QED) is 0.343. The molecule has 2 amide bonds. The Hall–Kier alpha value is -3.03. The smallest absolute Gasteiger partial charge is 0.326 e. The number of anilines is 2. The monoisotopic (exact) mass is 306 g/mol.